The van der Waals surface area contributed by atoms with E-state index in [0.29, 0.717) is 32.7 Å². The van der Waals surface area contributed by atoms with E-state index in [-0.39, 0.29) is 5.91 Å². The molecule has 1 aliphatic rings. The lowest BCUT2D eigenvalue weighted by Crippen LogP contribution is -2.37. The number of ether oxygens (including phenoxy) is 1. The molecule has 0 unspecified atom stereocenters. The number of aliphatic hydroxyl groups is 1. The van der Waals surface area contributed by atoms with Crippen molar-refractivity contribution < 1.29 is 14.6 Å². The van der Waals surface area contributed by atoms with E-state index >= 15 is 0 Å². The first-order valence-electron chi connectivity index (χ1n) is 4.23. The van der Waals surface area contributed by atoms with Gasteiger partial charge in [-0.2, -0.15) is 0 Å². The molecule has 1 rings (SSSR count). The van der Waals surface area contributed by atoms with Crippen LogP contribution in [-0.4, -0.2) is 48.3 Å². The fourth-order valence-electron chi connectivity index (χ4n) is 1.23. The number of aliphatic hydroxyl groups excluding tert-OH is 1. The Morgan fingerprint density at radius 2 is 2.42 bits per heavy atom. The Labute approximate surface area is 72.1 Å². The smallest absolute Gasteiger partial charge is 0.225 e. The van der Waals surface area contributed by atoms with Gasteiger partial charge in [0.05, 0.1) is 25.7 Å². The molecule has 0 radical (unpaired) electrons. The first-order chi connectivity index (χ1) is 5.70. The highest BCUT2D eigenvalue weighted by molar-refractivity contribution is 5.76. The van der Waals surface area contributed by atoms with Crippen molar-refractivity contribution in [1.82, 2.24) is 4.90 Å². The molecule has 1 heterocycles. The highest BCUT2D eigenvalue weighted by Gasteiger charge is 2.17. The normalized spacial score (nSPS) is 22.2. The Kier molecular flexibility index (Phi) is 3.49. The lowest BCUT2D eigenvalue weighted by atomic mass is 10.3. The van der Waals surface area contributed by atoms with Gasteiger partial charge in [-0.1, -0.05) is 0 Å². The molecule has 0 bridgehead atoms. The largest absolute Gasteiger partial charge is 0.392 e. The van der Waals surface area contributed by atoms with Gasteiger partial charge in [-0.3, -0.25) is 4.79 Å². The summed E-state index contributed by atoms with van der Waals surface area (Å²) in [4.78, 5) is 12.9. The molecule has 0 aliphatic carbocycles. The molecule has 1 aliphatic heterocycles. The summed E-state index contributed by atoms with van der Waals surface area (Å²) in [5, 5.41) is 9.08. The van der Waals surface area contributed by atoms with Crippen molar-refractivity contribution in [3.8, 4) is 0 Å². The summed E-state index contributed by atoms with van der Waals surface area (Å²) in [7, 11) is 0. The summed E-state index contributed by atoms with van der Waals surface area (Å²) < 4.78 is 5.13. The van der Waals surface area contributed by atoms with E-state index in [0.717, 1.165) is 0 Å². The summed E-state index contributed by atoms with van der Waals surface area (Å²) in [6.45, 7) is 3.79. The van der Waals surface area contributed by atoms with Crippen LogP contribution in [0.3, 0.4) is 0 Å². The van der Waals surface area contributed by atoms with Crippen molar-refractivity contribution in [3.05, 3.63) is 0 Å². The van der Waals surface area contributed by atoms with E-state index in [2.05, 4.69) is 0 Å². The topological polar surface area (TPSA) is 49.8 Å². The Hall–Kier alpha value is -0.610. The first-order valence-corrected chi connectivity index (χ1v) is 4.23. The minimum atomic E-state index is -0.452. The van der Waals surface area contributed by atoms with Crippen LogP contribution in [-0.2, 0) is 9.53 Å². The first kappa shape index (κ1) is 9.48. The van der Waals surface area contributed by atoms with Gasteiger partial charge in [-0.15, -0.1) is 0 Å². The molecule has 12 heavy (non-hydrogen) atoms. The standard InChI is InChI=1S/C8H15NO3/c1-7(10)6-9-3-5-12-4-2-8(9)11/h7,10H,2-6H2,1H3/t7-/m0/s1. The predicted octanol–water partition coefficient (Wildman–Crippen LogP) is -0.384. The minimum absolute atomic E-state index is 0.0772. The Bertz CT molecular complexity index is 158. The SMILES string of the molecule is C[C@H](O)CN1CCOCCC1=O. The van der Waals surface area contributed by atoms with Crippen LogP contribution >= 0.6 is 0 Å². The number of carbonyl (C=O) groups is 1. The van der Waals surface area contributed by atoms with Crippen LogP contribution in [0.4, 0.5) is 0 Å². The number of amides is 1. The van der Waals surface area contributed by atoms with E-state index < -0.39 is 6.10 Å². The molecule has 1 amide bonds. The second-order valence-electron chi connectivity index (χ2n) is 3.05. The van der Waals surface area contributed by atoms with Crippen LogP contribution in [0.2, 0.25) is 0 Å². The third kappa shape index (κ3) is 2.79. The van der Waals surface area contributed by atoms with Crippen LogP contribution in [0.5, 0.6) is 0 Å². The molecular weight excluding hydrogens is 158 g/mol. The van der Waals surface area contributed by atoms with E-state index in [1.54, 1.807) is 11.8 Å². The Morgan fingerprint density at radius 1 is 1.67 bits per heavy atom. The highest BCUT2D eigenvalue weighted by Crippen LogP contribution is 2.01. The van der Waals surface area contributed by atoms with Gasteiger partial charge in [0.2, 0.25) is 5.91 Å². The van der Waals surface area contributed by atoms with Crippen LogP contribution in [0, 0.1) is 0 Å². The molecular formula is C8H15NO3. The summed E-state index contributed by atoms with van der Waals surface area (Å²) in [5.74, 6) is 0.0772. The quantitative estimate of drug-likeness (QED) is 0.619. The van der Waals surface area contributed by atoms with E-state index in [1.807, 2.05) is 0 Å². The van der Waals surface area contributed by atoms with Crippen molar-refractivity contribution in [2.24, 2.45) is 0 Å². The molecule has 0 aromatic rings. The summed E-state index contributed by atoms with van der Waals surface area (Å²) in [6, 6.07) is 0. The number of nitrogens with zero attached hydrogens (tertiary/aromatic N) is 1. The van der Waals surface area contributed by atoms with Crippen LogP contribution in [0.25, 0.3) is 0 Å². The molecule has 0 aromatic carbocycles. The predicted molar refractivity (Wildman–Crippen MR) is 43.7 cm³/mol. The van der Waals surface area contributed by atoms with Crippen LogP contribution in [0.15, 0.2) is 0 Å². The average Bonchev–Trinajstić information content (AvgIpc) is 2.16. The zero-order valence-electron chi connectivity index (χ0n) is 7.32. The molecule has 1 N–H and O–H groups in total. The molecule has 0 aromatic heterocycles. The highest BCUT2D eigenvalue weighted by atomic mass is 16.5. The zero-order chi connectivity index (χ0) is 8.97. The molecule has 1 atom stereocenters. The zero-order valence-corrected chi connectivity index (χ0v) is 7.32. The second-order valence-corrected chi connectivity index (χ2v) is 3.05. The van der Waals surface area contributed by atoms with E-state index in [9.17, 15) is 4.79 Å². The van der Waals surface area contributed by atoms with Crippen molar-refractivity contribution in [3.63, 3.8) is 0 Å². The van der Waals surface area contributed by atoms with Gasteiger partial charge in [0, 0.05) is 13.1 Å². The number of hydrogen-bond donors (Lipinski definition) is 1. The van der Waals surface area contributed by atoms with Crippen molar-refractivity contribution in [2.75, 3.05) is 26.3 Å². The summed E-state index contributed by atoms with van der Waals surface area (Å²) >= 11 is 0. The van der Waals surface area contributed by atoms with Crippen molar-refractivity contribution >= 4 is 5.91 Å². The number of rotatable bonds is 2. The molecule has 70 valence electrons. The van der Waals surface area contributed by atoms with Crippen LogP contribution in [0.1, 0.15) is 13.3 Å². The lowest BCUT2D eigenvalue weighted by molar-refractivity contribution is -0.131. The van der Waals surface area contributed by atoms with Gasteiger partial charge >= 0.3 is 0 Å². The number of hydrogen-bond acceptors (Lipinski definition) is 3. The van der Waals surface area contributed by atoms with Crippen molar-refractivity contribution in [2.45, 2.75) is 19.4 Å². The second kappa shape index (κ2) is 4.42. The van der Waals surface area contributed by atoms with Gasteiger partial charge < -0.3 is 14.7 Å². The van der Waals surface area contributed by atoms with Gasteiger partial charge in [0.25, 0.3) is 0 Å². The molecule has 4 heteroatoms. The van der Waals surface area contributed by atoms with Gasteiger partial charge in [-0.05, 0) is 6.92 Å². The minimum Gasteiger partial charge on any atom is -0.392 e. The number of carbonyl (C=O) groups excluding carboxylic acids is 1. The molecule has 0 spiro atoms. The Morgan fingerprint density at radius 3 is 3.08 bits per heavy atom. The van der Waals surface area contributed by atoms with E-state index in [4.69, 9.17) is 9.84 Å². The van der Waals surface area contributed by atoms with E-state index in [1.165, 1.54) is 0 Å². The van der Waals surface area contributed by atoms with Gasteiger partial charge in [0.1, 0.15) is 0 Å². The van der Waals surface area contributed by atoms with Crippen molar-refractivity contribution in [1.29, 1.82) is 0 Å². The summed E-state index contributed by atoms with van der Waals surface area (Å²) in [6.07, 6.45) is -0.0146. The third-order valence-corrected chi connectivity index (χ3v) is 1.80. The average molecular weight is 173 g/mol. The molecule has 4 nitrogen and oxygen atoms in total. The van der Waals surface area contributed by atoms with Gasteiger partial charge in [0.15, 0.2) is 0 Å². The lowest BCUT2D eigenvalue weighted by Gasteiger charge is -2.20. The maximum absolute atomic E-state index is 11.3. The molecule has 1 fully saturated rings. The fourth-order valence-corrected chi connectivity index (χ4v) is 1.23. The Balaban J connectivity index is 2.42. The summed E-state index contributed by atoms with van der Waals surface area (Å²) in [5.41, 5.74) is 0. The van der Waals surface area contributed by atoms with Gasteiger partial charge in [-0.25, -0.2) is 0 Å². The third-order valence-electron chi connectivity index (χ3n) is 1.80. The maximum Gasteiger partial charge on any atom is 0.225 e. The molecule has 1 saturated heterocycles. The number of β-amino-alcohol motifs (C(OH)–C–C–N with tert-alkyl or cyclic N) is 1. The molecule has 0 saturated carbocycles. The monoisotopic (exact) mass is 173 g/mol. The maximum atomic E-state index is 11.3. The fraction of sp³-hybridized carbons (Fsp3) is 0.875. The van der Waals surface area contributed by atoms with Crippen LogP contribution < -0.4 is 0 Å².